The molecule has 0 aliphatic heterocycles. The van der Waals surface area contributed by atoms with Gasteiger partial charge in [0, 0.05) is 19.6 Å². The highest BCUT2D eigenvalue weighted by Gasteiger charge is 2.06. The van der Waals surface area contributed by atoms with Crippen molar-refractivity contribution in [1.29, 1.82) is 0 Å². The molecule has 1 aromatic carbocycles. The number of benzene rings is 1. The maximum absolute atomic E-state index is 9.27. The lowest BCUT2D eigenvalue weighted by atomic mass is 10.1. The molecule has 1 aromatic rings. The minimum Gasteiger partial charge on any atom is -0.506 e. The highest BCUT2D eigenvalue weighted by atomic mass is 16.3. The van der Waals surface area contributed by atoms with Crippen molar-refractivity contribution >= 4 is 5.69 Å². The number of aromatic hydroxyl groups is 1. The molecule has 5 nitrogen and oxygen atoms in total. The van der Waals surface area contributed by atoms with Crippen LogP contribution in [-0.4, -0.2) is 46.5 Å². The molecule has 0 aliphatic rings. The van der Waals surface area contributed by atoms with E-state index in [1.807, 2.05) is 4.90 Å². The number of phenolic OH excluding ortho intramolecular Hbond substituents is 1. The van der Waals surface area contributed by atoms with Gasteiger partial charge in [-0.15, -0.1) is 0 Å². The maximum Gasteiger partial charge on any atom is 0.138 e. The van der Waals surface area contributed by atoms with Crippen LogP contribution in [-0.2, 0) is 6.54 Å². The summed E-state index contributed by atoms with van der Waals surface area (Å²) in [5.74, 6) is 0.0691. The number of rotatable bonds is 6. The Balaban J connectivity index is 2.65. The van der Waals surface area contributed by atoms with Crippen molar-refractivity contribution in [3.8, 4) is 5.75 Å². The molecule has 0 radical (unpaired) electrons. The SMILES string of the molecule is Nc1cc(CN(CCO)CCO)ccc1O. The van der Waals surface area contributed by atoms with E-state index in [0.29, 0.717) is 25.3 Å². The molecule has 90 valence electrons. The van der Waals surface area contributed by atoms with Gasteiger partial charge < -0.3 is 21.1 Å². The van der Waals surface area contributed by atoms with Crippen molar-refractivity contribution in [1.82, 2.24) is 4.90 Å². The molecular formula is C11H18N2O3. The molecule has 1 rings (SSSR count). The zero-order valence-electron chi connectivity index (χ0n) is 9.13. The first-order valence-corrected chi connectivity index (χ1v) is 5.19. The Morgan fingerprint density at radius 2 is 1.75 bits per heavy atom. The lowest BCUT2D eigenvalue weighted by molar-refractivity contribution is 0.156. The van der Waals surface area contributed by atoms with Crippen LogP contribution in [0.2, 0.25) is 0 Å². The largest absolute Gasteiger partial charge is 0.506 e. The molecule has 0 heterocycles. The Kier molecular flexibility index (Phi) is 5.04. The third kappa shape index (κ3) is 3.69. The van der Waals surface area contributed by atoms with E-state index in [0.717, 1.165) is 5.56 Å². The molecule has 0 saturated heterocycles. The van der Waals surface area contributed by atoms with Crippen LogP contribution in [0, 0.1) is 0 Å². The fourth-order valence-corrected chi connectivity index (χ4v) is 1.51. The summed E-state index contributed by atoms with van der Waals surface area (Å²) in [6.45, 7) is 1.69. The van der Waals surface area contributed by atoms with Gasteiger partial charge in [0.1, 0.15) is 5.75 Å². The lowest BCUT2D eigenvalue weighted by Crippen LogP contribution is -2.29. The third-order valence-electron chi connectivity index (χ3n) is 2.33. The van der Waals surface area contributed by atoms with Crippen LogP contribution in [0.5, 0.6) is 5.75 Å². The average molecular weight is 226 g/mol. The minimum atomic E-state index is 0.0492. The molecule has 0 spiro atoms. The van der Waals surface area contributed by atoms with E-state index in [1.54, 1.807) is 18.2 Å². The number of hydrogen-bond acceptors (Lipinski definition) is 5. The molecule has 5 N–H and O–H groups in total. The van der Waals surface area contributed by atoms with Gasteiger partial charge in [-0.05, 0) is 17.7 Å². The first-order valence-electron chi connectivity index (χ1n) is 5.19. The molecule has 0 aliphatic carbocycles. The number of aliphatic hydroxyl groups is 2. The number of hydrogen-bond donors (Lipinski definition) is 4. The van der Waals surface area contributed by atoms with E-state index in [9.17, 15) is 5.11 Å². The Morgan fingerprint density at radius 3 is 2.25 bits per heavy atom. The van der Waals surface area contributed by atoms with Crippen LogP contribution in [0.25, 0.3) is 0 Å². The maximum atomic E-state index is 9.27. The van der Waals surface area contributed by atoms with Gasteiger partial charge in [-0.1, -0.05) is 6.07 Å². The summed E-state index contributed by atoms with van der Waals surface area (Å²) in [7, 11) is 0. The second-order valence-corrected chi connectivity index (χ2v) is 3.62. The first-order chi connectivity index (χ1) is 7.67. The van der Waals surface area contributed by atoms with Gasteiger partial charge in [-0.25, -0.2) is 0 Å². The third-order valence-corrected chi connectivity index (χ3v) is 2.33. The predicted molar refractivity (Wildman–Crippen MR) is 62.0 cm³/mol. The fourth-order valence-electron chi connectivity index (χ4n) is 1.51. The second-order valence-electron chi connectivity index (χ2n) is 3.62. The normalized spacial score (nSPS) is 10.9. The number of nitrogens with zero attached hydrogens (tertiary/aromatic N) is 1. The Bertz CT molecular complexity index is 325. The van der Waals surface area contributed by atoms with Crippen LogP contribution in [0.15, 0.2) is 18.2 Å². The standard InChI is InChI=1S/C11H18N2O3/c12-10-7-9(1-2-11(10)16)8-13(3-5-14)4-6-15/h1-2,7,14-16H,3-6,8,12H2. The summed E-state index contributed by atoms with van der Waals surface area (Å²) in [4.78, 5) is 1.91. The van der Waals surface area contributed by atoms with Crippen molar-refractivity contribution in [2.24, 2.45) is 0 Å². The number of aliphatic hydroxyl groups excluding tert-OH is 2. The van der Waals surface area contributed by atoms with E-state index in [2.05, 4.69) is 0 Å². The van der Waals surface area contributed by atoms with Crippen LogP contribution < -0.4 is 5.73 Å². The van der Waals surface area contributed by atoms with E-state index in [4.69, 9.17) is 15.9 Å². The van der Waals surface area contributed by atoms with Gasteiger partial charge >= 0.3 is 0 Å². The zero-order valence-corrected chi connectivity index (χ0v) is 9.13. The summed E-state index contributed by atoms with van der Waals surface area (Å²) in [5, 5.41) is 27.0. The van der Waals surface area contributed by atoms with Gasteiger partial charge in [-0.2, -0.15) is 0 Å². The highest BCUT2D eigenvalue weighted by molar-refractivity contribution is 5.53. The molecule has 0 saturated carbocycles. The molecule has 0 fully saturated rings. The zero-order chi connectivity index (χ0) is 12.0. The molecule has 16 heavy (non-hydrogen) atoms. The topological polar surface area (TPSA) is 90.0 Å². The van der Waals surface area contributed by atoms with Crippen LogP contribution >= 0.6 is 0 Å². The Hall–Kier alpha value is -1.30. The van der Waals surface area contributed by atoms with Crippen molar-refractivity contribution in [3.05, 3.63) is 23.8 Å². The summed E-state index contributed by atoms with van der Waals surface area (Å²) in [5.41, 5.74) is 6.86. The number of phenols is 1. The molecular weight excluding hydrogens is 208 g/mol. The smallest absolute Gasteiger partial charge is 0.138 e. The highest BCUT2D eigenvalue weighted by Crippen LogP contribution is 2.21. The van der Waals surface area contributed by atoms with Gasteiger partial charge in [0.05, 0.1) is 18.9 Å². The number of nitrogen functional groups attached to an aromatic ring is 1. The van der Waals surface area contributed by atoms with E-state index >= 15 is 0 Å². The Labute approximate surface area is 94.7 Å². The average Bonchev–Trinajstić information content (AvgIpc) is 2.24. The van der Waals surface area contributed by atoms with E-state index < -0.39 is 0 Å². The number of anilines is 1. The molecule has 5 heteroatoms. The van der Waals surface area contributed by atoms with E-state index in [1.165, 1.54) is 0 Å². The summed E-state index contributed by atoms with van der Waals surface area (Å²) < 4.78 is 0. The van der Waals surface area contributed by atoms with Crippen molar-refractivity contribution in [3.63, 3.8) is 0 Å². The predicted octanol–water partition coefficient (Wildman–Crippen LogP) is -0.239. The van der Waals surface area contributed by atoms with Crippen LogP contribution in [0.1, 0.15) is 5.56 Å². The Morgan fingerprint density at radius 1 is 1.12 bits per heavy atom. The van der Waals surface area contributed by atoms with Crippen molar-refractivity contribution in [2.45, 2.75) is 6.54 Å². The second kappa shape index (κ2) is 6.32. The van der Waals surface area contributed by atoms with Crippen LogP contribution in [0.3, 0.4) is 0 Å². The molecule has 0 atom stereocenters. The van der Waals surface area contributed by atoms with Gasteiger partial charge in [0.2, 0.25) is 0 Å². The summed E-state index contributed by atoms with van der Waals surface area (Å²) in [6, 6.07) is 5.01. The molecule has 0 aromatic heterocycles. The fraction of sp³-hybridized carbons (Fsp3) is 0.455. The minimum absolute atomic E-state index is 0.0492. The van der Waals surface area contributed by atoms with Gasteiger partial charge in [0.15, 0.2) is 0 Å². The van der Waals surface area contributed by atoms with E-state index in [-0.39, 0.29) is 19.0 Å². The quantitative estimate of drug-likeness (QED) is 0.397. The molecule has 0 unspecified atom stereocenters. The lowest BCUT2D eigenvalue weighted by Gasteiger charge is -2.20. The van der Waals surface area contributed by atoms with Crippen LogP contribution in [0.4, 0.5) is 5.69 Å². The van der Waals surface area contributed by atoms with Crippen molar-refractivity contribution < 1.29 is 15.3 Å². The molecule has 0 amide bonds. The molecule has 0 bridgehead atoms. The first kappa shape index (κ1) is 12.8. The van der Waals surface area contributed by atoms with Gasteiger partial charge in [-0.3, -0.25) is 4.90 Å². The summed E-state index contributed by atoms with van der Waals surface area (Å²) in [6.07, 6.45) is 0. The summed E-state index contributed by atoms with van der Waals surface area (Å²) >= 11 is 0. The number of nitrogens with two attached hydrogens (primary N) is 1. The van der Waals surface area contributed by atoms with Crippen molar-refractivity contribution in [2.75, 3.05) is 32.0 Å². The van der Waals surface area contributed by atoms with Gasteiger partial charge in [0.25, 0.3) is 0 Å². The monoisotopic (exact) mass is 226 g/mol.